The van der Waals surface area contributed by atoms with Crippen molar-refractivity contribution in [3.63, 3.8) is 0 Å². The molecule has 0 aromatic carbocycles. The third-order valence-corrected chi connectivity index (χ3v) is 1.27. The van der Waals surface area contributed by atoms with E-state index in [0.717, 1.165) is 0 Å². The lowest BCUT2D eigenvalue weighted by Gasteiger charge is -2.01. The molecule has 1 fully saturated rings. The number of rotatable bonds is 2. The minimum absolute atomic E-state index is 0.0151. The first-order chi connectivity index (χ1) is 5.68. The Morgan fingerprint density at radius 3 is 2.58 bits per heavy atom. The average Bonchev–Trinajstić information content (AvgIpc) is 2.39. The van der Waals surface area contributed by atoms with Gasteiger partial charge in [0.05, 0.1) is 12.5 Å². The van der Waals surface area contributed by atoms with Crippen molar-refractivity contribution < 1.29 is 14.7 Å². The lowest BCUT2D eigenvalue weighted by atomic mass is 10.2. The first-order valence-corrected chi connectivity index (χ1v) is 3.94. The molecule has 0 aromatic heterocycles. The molecule has 5 heteroatoms. The molecule has 5 nitrogen and oxygen atoms in total. The predicted octanol–water partition coefficient (Wildman–Crippen LogP) is 0.169. The van der Waals surface area contributed by atoms with Gasteiger partial charge in [-0.3, -0.25) is 4.79 Å². The Morgan fingerprint density at radius 2 is 2.25 bits per heavy atom. The van der Waals surface area contributed by atoms with E-state index in [1.165, 1.54) is 0 Å². The van der Waals surface area contributed by atoms with Gasteiger partial charge in [0, 0.05) is 6.54 Å². The Labute approximate surface area is 71.1 Å². The lowest BCUT2D eigenvalue weighted by Crippen LogP contribution is -2.28. The van der Waals surface area contributed by atoms with Crippen LogP contribution < -0.4 is 10.6 Å². The van der Waals surface area contributed by atoms with Crippen LogP contribution in [0.4, 0.5) is 4.79 Å². The maximum atomic E-state index is 10.4. The van der Waals surface area contributed by atoms with Gasteiger partial charge in [0.2, 0.25) is 0 Å². The van der Waals surface area contributed by atoms with Gasteiger partial charge in [-0.25, -0.2) is 4.79 Å². The molecule has 12 heavy (non-hydrogen) atoms. The number of urea groups is 1. The zero-order valence-electron chi connectivity index (χ0n) is 7.26. The zero-order valence-corrected chi connectivity index (χ0v) is 7.26. The number of carbonyl (C=O) groups is 2. The summed E-state index contributed by atoms with van der Waals surface area (Å²) in [6.07, 6.45) is -0.0151. The highest BCUT2D eigenvalue weighted by Crippen LogP contribution is 1.95. The largest absolute Gasteiger partial charge is 0.481 e. The van der Waals surface area contributed by atoms with Crippen molar-refractivity contribution >= 4 is 12.0 Å². The van der Waals surface area contributed by atoms with E-state index in [4.69, 9.17) is 5.11 Å². The number of carboxylic acid groups (broad SMARTS) is 1. The molecule has 0 aromatic rings. The number of carbonyl (C=O) groups excluding carboxylic acids is 1. The van der Waals surface area contributed by atoms with Crippen LogP contribution in [-0.2, 0) is 4.79 Å². The van der Waals surface area contributed by atoms with Crippen molar-refractivity contribution in [3.8, 4) is 0 Å². The van der Waals surface area contributed by atoms with Crippen LogP contribution in [0.2, 0.25) is 0 Å². The molecular weight excluding hydrogens is 160 g/mol. The molecule has 0 saturated carbocycles. The zero-order chi connectivity index (χ0) is 9.56. The number of nitrogens with one attached hydrogen (secondary N) is 2. The van der Waals surface area contributed by atoms with Crippen LogP contribution in [0.25, 0.3) is 0 Å². The van der Waals surface area contributed by atoms with Crippen molar-refractivity contribution in [2.45, 2.75) is 26.3 Å². The summed E-state index contributed by atoms with van der Waals surface area (Å²) in [4.78, 5) is 20.5. The molecular formula is C7H14N2O3. The summed E-state index contributed by atoms with van der Waals surface area (Å²) in [7, 11) is 0. The fourth-order valence-corrected chi connectivity index (χ4v) is 0.837. The summed E-state index contributed by atoms with van der Waals surface area (Å²) < 4.78 is 0. The van der Waals surface area contributed by atoms with Crippen molar-refractivity contribution in [2.24, 2.45) is 0 Å². The Hall–Kier alpha value is -1.26. The van der Waals surface area contributed by atoms with Crippen LogP contribution in [0.5, 0.6) is 0 Å². The number of amides is 2. The molecule has 1 aliphatic heterocycles. The highest BCUT2D eigenvalue weighted by molar-refractivity contribution is 5.78. The molecule has 1 saturated heterocycles. The Morgan fingerprint density at radius 1 is 1.67 bits per heavy atom. The Balaban J connectivity index is 0.000000561. The summed E-state index contributed by atoms with van der Waals surface area (Å²) in [6.45, 7) is 4.41. The summed E-state index contributed by atoms with van der Waals surface area (Å²) in [5.74, 6) is -0.894. The van der Waals surface area contributed by atoms with E-state index in [1.54, 1.807) is 0 Å². The number of hydrogen-bond donors (Lipinski definition) is 3. The molecule has 2 amide bonds. The highest BCUT2D eigenvalue weighted by atomic mass is 16.4. The van der Waals surface area contributed by atoms with Crippen molar-refractivity contribution in [1.29, 1.82) is 0 Å². The predicted molar refractivity (Wildman–Crippen MR) is 43.9 cm³/mol. The fourth-order valence-electron chi connectivity index (χ4n) is 0.837. The maximum absolute atomic E-state index is 10.4. The van der Waals surface area contributed by atoms with E-state index in [0.29, 0.717) is 6.54 Å². The molecule has 70 valence electrons. The normalized spacial score (nSPS) is 20.2. The van der Waals surface area contributed by atoms with E-state index in [2.05, 4.69) is 10.6 Å². The second kappa shape index (κ2) is 5.40. The Bertz CT molecular complexity index is 170. The van der Waals surface area contributed by atoms with Crippen molar-refractivity contribution in [3.05, 3.63) is 0 Å². The maximum Gasteiger partial charge on any atom is 0.315 e. The smallest absolute Gasteiger partial charge is 0.315 e. The van der Waals surface area contributed by atoms with Crippen LogP contribution in [-0.4, -0.2) is 29.7 Å². The SMILES string of the molecule is CC.O=C(O)C[C@@H]1CNC(=O)N1. The van der Waals surface area contributed by atoms with Gasteiger partial charge in [0.15, 0.2) is 0 Å². The number of aliphatic carboxylic acids is 1. The number of carboxylic acids is 1. The summed E-state index contributed by atoms with van der Waals surface area (Å²) >= 11 is 0. The van der Waals surface area contributed by atoms with Crippen LogP contribution in [0, 0.1) is 0 Å². The second-order valence-electron chi connectivity index (χ2n) is 2.15. The molecule has 3 N–H and O–H groups in total. The van der Waals surface area contributed by atoms with Gasteiger partial charge in [-0.2, -0.15) is 0 Å². The summed E-state index contributed by atoms with van der Waals surface area (Å²) in [5.41, 5.74) is 0. The monoisotopic (exact) mass is 174 g/mol. The third-order valence-electron chi connectivity index (χ3n) is 1.27. The molecule has 0 radical (unpaired) electrons. The van der Waals surface area contributed by atoms with E-state index in [-0.39, 0.29) is 18.5 Å². The van der Waals surface area contributed by atoms with Crippen LogP contribution in [0.15, 0.2) is 0 Å². The molecule has 0 bridgehead atoms. The molecule has 1 rings (SSSR count). The molecule has 1 atom stereocenters. The fraction of sp³-hybridized carbons (Fsp3) is 0.714. The van der Waals surface area contributed by atoms with Gasteiger partial charge in [0.1, 0.15) is 0 Å². The van der Waals surface area contributed by atoms with Crippen LogP contribution >= 0.6 is 0 Å². The van der Waals surface area contributed by atoms with Gasteiger partial charge in [-0.15, -0.1) is 0 Å². The van der Waals surface area contributed by atoms with E-state index in [9.17, 15) is 9.59 Å². The topological polar surface area (TPSA) is 78.4 Å². The Kier molecular flexibility index (Phi) is 4.83. The molecule has 1 aliphatic rings. The minimum atomic E-state index is -0.894. The van der Waals surface area contributed by atoms with E-state index < -0.39 is 5.97 Å². The quantitative estimate of drug-likeness (QED) is 0.558. The van der Waals surface area contributed by atoms with Crippen molar-refractivity contribution in [1.82, 2.24) is 10.6 Å². The molecule has 1 heterocycles. The van der Waals surface area contributed by atoms with Gasteiger partial charge < -0.3 is 15.7 Å². The van der Waals surface area contributed by atoms with Crippen LogP contribution in [0.1, 0.15) is 20.3 Å². The van der Waals surface area contributed by atoms with Gasteiger partial charge in [-0.05, 0) is 0 Å². The van der Waals surface area contributed by atoms with E-state index in [1.807, 2.05) is 13.8 Å². The first kappa shape index (κ1) is 10.7. The average molecular weight is 174 g/mol. The van der Waals surface area contributed by atoms with Gasteiger partial charge in [-0.1, -0.05) is 13.8 Å². The second-order valence-corrected chi connectivity index (χ2v) is 2.15. The molecule has 0 spiro atoms. The van der Waals surface area contributed by atoms with Crippen molar-refractivity contribution in [2.75, 3.05) is 6.54 Å². The number of hydrogen-bond acceptors (Lipinski definition) is 2. The third kappa shape index (κ3) is 3.80. The summed E-state index contributed by atoms with van der Waals surface area (Å²) in [6, 6.07) is -0.531. The molecule has 0 unspecified atom stereocenters. The van der Waals surface area contributed by atoms with E-state index >= 15 is 0 Å². The van der Waals surface area contributed by atoms with Crippen LogP contribution in [0.3, 0.4) is 0 Å². The highest BCUT2D eigenvalue weighted by Gasteiger charge is 2.21. The van der Waals surface area contributed by atoms with Gasteiger partial charge in [0.25, 0.3) is 0 Å². The molecule has 0 aliphatic carbocycles. The lowest BCUT2D eigenvalue weighted by molar-refractivity contribution is -0.137. The standard InChI is InChI=1S/C5H8N2O3.C2H6/c8-4(9)1-3-2-6-5(10)7-3;1-2/h3H,1-2H2,(H,8,9)(H2,6,7,10);1-2H3/t3-;/m1./s1. The summed E-state index contributed by atoms with van der Waals surface area (Å²) in [5, 5.41) is 13.2. The van der Waals surface area contributed by atoms with Gasteiger partial charge >= 0.3 is 12.0 Å². The first-order valence-electron chi connectivity index (χ1n) is 3.94. The minimum Gasteiger partial charge on any atom is -0.481 e.